The van der Waals surface area contributed by atoms with Gasteiger partial charge in [-0.05, 0) is 19.4 Å². The number of anilines is 1. The van der Waals surface area contributed by atoms with Crippen LogP contribution in [0.4, 0.5) is 10.2 Å². The van der Waals surface area contributed by atoms with Gasteiger partial charge in [0.05, 0.1) is 23.4 Å². The normalized spacial score (nSPS) is 13.8. The molecule has 4 aromatic heterocycles. The van der Waals surface area contributed by atoms with Crippen LogP contribution < -0.4 is 10.3 Å². The van der Waals surface area contributed by atoms with Crippen LogP contribution in [0.1, 0.15) is 35.0 Å². The van der Waals surface area contributed by atoms with E-state index in [1.165, 1.54) is 29.0 Å². The van der Waals surface area contributed by atoms with Crippen molar-refractivity contribution in [1.29, 1.82) is 0 Å². The van der Waals surface area contributed by atoms with Crippen molar-refractivity contribution in [3.05, 3.63) is 62.9 Å². The molecule has 0 aliphatic carbocycles. The van der Waals surface area contributed by atoms with Gasteiger partial charge < -0.3 is 10.0 Å². The number of carbonyl (C=O) groups excluding carboxylic acids is 1. The van der Waals surface area contributed by atoms with Crippen molar-refractivity contribution in [3.63, 3.8) is 0 Å². The number of thiazole rings is 1. The quantitative estimate of drug-likeness (QED) is 0.384. The summed E-state index contributed by atoms with van der Waals surface area (Å²) in [4.78, 5) is 47.6. The lowest BCUT2D eigenvalue weighted by atomic mass is 9.92. The van der Waals surface area contributed by atoms with Crippen LogP contribution in [0.25, 0.3) is 16.2 Å². The maximum atomic E-state index is 15.4. The van der Waals surface area contributed by atoms with E-state index < -0.39 is 22.8 Å². The van der Waals surface area contributed by atoms with Gasteiger partial charge in [0.25, 0.3) is 0 Å². The molecule has 36 heavy (non-hydrogen) atoms. The minimum atomic E-state index is -1.42. The second-order valence-corrected chi connectivity index (χ2v) is 9.62. The molecule has 0 bridgehead atoms. The van der Waals surface area contributed by atoms with E-state index in [4.69, 9.17) is 0 Å². The van der Waals surface area contributed by atoms with Crippen molar-refractivity contribution in [1.82, 2.24) is 24.3 Å². The van der Waals surface area contributed by atoms with Gasteiger partial charge in [-0.15, -0.1) is 11.3 Å². The zero-order valence-corrected chi connectivity index (χ0v) is 20.5. The first-order chi connectivity index (χ1) is 17.3. The molecule has 4 aromatic rings. The molecule has 1 aliphatic rings. The van der Waals surface area contributed by atoms with Crippen molar-refractivity contribution in [2.45, 2.75) is 33.2 Å². The van der Waals surface area contributed by atoms with Gasteiger partial charge in [0.2, 0.25) is 5.43 Å². The van der Waals surface area contributed by atoms with Gasteiger partial charge in [-0.3, -0.25) is 18.8 Å². The Morgan fingerprint density at radius 1 is 1.31 bits per heavy atom. The molecule has 0 amide bonds. The standard InChI is InChI=1S/C24H23FN6O4S/c1-3-6-30-7-4-15(28-30)9-17(32)14-10-29(11-14)22-19(25)13(2)18-20(33)16(23(34)35)12-31(21(18)27-22)24-26-5-8-36-24/h4-5,7-8,12,14H,3,6,9-11H2,1-2H3,(H,34,35). The molecule has 1 fully saturated rings. The molecule has 0 unspecified atom stereocenters. The lowest BCUT2D eigenvalue weighted by Crippen LogP contribution is -2.51. The molecule has 0 saturated carbocycles. The molecule has 0 spiro atoms. The molecule has 0 aromatic carbocycles. The number of rotatable bonds is 8. The van der Waals surface area contributed by atoms with Gasteiger partial charge in [0.15, 0.2) is 22.4 Å². The fourth-order valence-corrected chi connectivity index (χ4v) is 4.97. The monoisotopic (exact) mass is 510 g/mol. The van der Waals surface area contributed by atoms with Crippen LogP contribution in [0.2, 0.25) is 0 Å². The zero-order chi connectivity index (χ0) is 25.6. The van der Waals surface area contributed by atoms with Crippen molar-refractivity contribution in [3.8, 4) is 5.13 Å². The molecule has 5 rings (SSSR count). The third-order valence-corrected chi connectivity index (χ3v) is 7.06. The first kappa shape index (κ1) is 23.8. The number of halogens is 1. The van der Waals surface area contributed by atoms with Crippen LogP contribution in [-0.2, 0) is 17.8 Å². The van der Waals surface area contributed by atoms with E-state index in [9.17, 15) is 19.5 Å². The van der Waals surface area contributed by atoms with Crippen molar-refractivity contribution >= 4 is 39.9 Å². The summed E-state index contributed by atoms with van der Waals surface area (Å²) in [6.07, 6.45) is 5.72. The topological polar surface area (TPSA) is 123 Å². The maximum Gasteiger partial charge on any atom is 0.341 e. The molecule has 5 heterocycles. The SMILES string of the molecule is CCCn1ccc(CC(=O)C2CN(c3nc4c(c(C)c3F)c(=O)c(C(=O)O)cn4-c3nccs3)C2)n1. The summed E-state index contributed by atoms with van der Waals surface area (Å²) < 4.78 is 18.6. The van der Waals surface area contributed by atoms with E-state index in [0.717, 1.165) is 13.0 Å². The molecule has 1 aliphatic heterocycles. The van der Waals surface area contributed by atoms with E-state index >= 15 is 4.39 Å². The van der Waals surface area contributed by atoms with Crippen LogP contribution in [-0.4, -0.2) is 54.3 Å². The smallest absolute Gasteiger partial charge is 0.341 e. The Labute approximate surface area is 208 Å². The van der Waals surface area contributed by atoms with Crippen molar-refractivity contribution < 1.29 is 19.1 Å². The van der Waals surface area contributed by atoms with E-state index in [1.807, 2.05) is 16.9 Å². The molecule has 186 valence electrons. The van der Waals surface area contributed by atoms with Crippen LogP contribution >= 0.6 is 11.3 Å². The number of aromatic carboxylic acids is 1. The van der Waals surface area contributed by atoms with Gasteiger partial charge in [0, 0.05) is 49.2 Å². The average molecular weight is 511 g/mol. The number of ketones is 1. The number of carboxylic acids is 1. The largest absolute Gasteiger partial charge is 0.477 e. The van der Waals surface area contributed by atoms with E-state index in [1.54, 1.807) is 16.5 Å². The number of aromatic nitrogens is 5. The fourth-order valence-electron chi connectivity index (χ4n) is 4.35. The van der Waals surface area contributed by atoms with Crippen molar-refractivity contribution in [2.75, 3.05) is 18.0 Å². The Hall–Kier alpha value is -3.93. The van der Waals surface area contributed by atoms with E-state index in [-0.39, 0.29) is 53.6 Å². The van der Waals surface area contributed by atoms with Gasteiger partial charge in [-0.1, -0.05) is 6.92 Å². The number of carbonyl (C=O) groups is 2. The van der Waals surface area contributed by atoms with E-state index in [2.05, 4.69) is 22.0 Å². The Morgan fingerprint density at radius 3 is 2.75 bits per heavy atom. The minimum Gasteiger partial charge on any atom is -0.477 e. The van der Waals surface area contributed by atoms with Gasteiger partial charge >= 0.3 is 5.97 Å². The molecular weight excluding hydrogens is 487 g/mol. The second kappa shape index (κ2) is 9.26. The molecule has 1 saturated heterocycles. The number of aryl methyl sites for hydroxylation is 2. The molecule has 1 N–H and O–H groups in total. The highest BCUT2D eigenvalue weighted by atomic mass is 32.1. The van der Waals surface area contributed by atoms with Gasteiger partial charge in [0.1, 0.15) is 11.3 Å². The van der Waals surface area contributed by atoms with Gasteiger partial charge in [-0.2, -0.15) is 5.10 Å². The molecular formula is C24H23FN6O4S. The highest BCUT2D eigenvalue weighted by Crippen LogP contribution is 2.32. The Balaban J connectivity index is 1.46. The number of hydrogen-bond acceptors (Lipinski definition) is 8. The van der Waals surface area contributed by atoms with Crippen LogP contribution in [0.5, 0.6) is 0 Å². The first-order valence-electron chi connectivity index (χ1n) is 11.5. The number of Topliss-reactive ketones (excluding diaryl/α,β-unsaturated/α-hetero) is 1. The highest BCUT2D eigenvalue weighted by molar-refractivity contribution is 7.12. The summed E-state index contributed by atoms with van der Waals surface area (Å²) in [6.45, 7) is 4.85. The lowest BCUT2D eigenvalue weighted by molar-refractivity contribution is -0.123. The maximum absolute atomic E-state index is 15.4. The third-order valence-electron chi connectivity index (χ3n) is 6.29. The van der Waals surface area contributed by atoms with E-state index in [0.29, 0.717) is 10.8 Å². The molecule has 10 nitrogen and oxygen atoms in total. The fraction of sp³-hybridized carbons (Fsp3) is 0.333. The number of fused-ring (bicyclic) bond motifs is 1. The summed E-state index contributed by atoms with van der Waals surface area (Å²) in [7, 11) is 0. The lowest BCUT2D eigenvalue weighted by Gasteiger charge is -2.39. The first-order valence-corrected chi connectivity index (χ1v) is 12.3. The van der Waals surface area contributed by atoms with Gasteiger partial charge in [-0.25, -0.2) is 19.2 Å². The number of nitrogens with zero attached hydrogens (tertiary/aromatic N) is 6. The van der Waals surface area contributed by atoms with Crippen LogP contribution in [0.15, 0.2) is 34.8 Å². The van der Waals surface area contributed by atoms with Crippen LogP contribution in [0.3, 0.4) is 0 Å². The number of hydrogen-bond donors (Lipinski definition) is 1. The summed E-state index contributed by atoms with van der Waals surface area (Å²) in [6, 6.07) is 1.83. The Bertz CT molecular complexity index is 1540. The number of pyridine rings is 2. The zero-order valence-electron chi connectivity index (χ0n) is 19.6. The predicted molar refractivity (Wildman–Crippen MR) is 132 cm³/mol. The molecule has 0 atom stereocenters. The molecule has 0 radical (unpaired) electrons. The third kappa shape index (κ3) is 4.06. The average Bonchev–Trinajstić information content (AvgIpc) is 3.48. The van der Waals surface area contributed by atoms with Crippen molar-refractivity contribution in [2.24, 2.45) is 5.92 Å². The number of carboxylic acid groups (broad SMARTS) is 1. The Morgan fingerprint density at radius 2 is 2.08 bits per heavy atom. The minimum absolute atomic E-state index is 0.00430. The predicted octanol–water partition coefficient (Wildman–Crippen LogP) is 2.84. The van der Waals surface area contributed by atoms with Crippen LogP contribution in [0, 0.1) is 18.7 Å². The summed E-state index contributed by atoms with van der Waals surface area (Å²) >= 11 is 1.23. The summed E-state index contributed by atoms with van der Waals surface area (Å²) in [5.41, 5.74) is -0.472. The molecule has 12 heteroatoms. The summed E-state index contributed by atoms with van der Waals surface area (Å²) in [5, 5.41) is 15.9. The summed E-state index contributed by atoms with van der Waals surface area (Å²) in [5.74, 6) is -2.37. The Kier molecular flexibility index (Phi) is 6.12. The highest BCUT2D eigenvalue weighted by Gasteiger charge is 2.36. The second-order valence-electron chi connectivity index (χ2n) is 8.75.